The maximum absolute atomic E-state index is 11.9. The number of hydrogen-bond acceptors (Lipinski definition) is 3. The number of nitrogens with one attached hydrogen (secondary N) is 2. The SMILES string of the molecule is CCC(=O)Cc1ccc(NC(=O)CNCc2ccccc2)cc1. The number of carbonyl (C=O) groups excluding carboxylic acids is 2. The third-order valence-electron chi connectivity index (χ3n) is 3.49. The molecule has 2 rings (SSSR count). The molecule has 0 fully saturated rings. The predicted octanol–water partition coefficient (Wildman–Crippen LogP) is 2.94. The van der Waals surface area contributed by atoms with Crippen LogP contribution in [0.25, 0.3) is 0 Å². The van der Waals surface area contributed by atoms with Gasteiger partial charge in [0.2, 0.25) is 5.91 Å². The van der Waals surface area contributed by atoms with Crippen LogP contribution in [0.3, 0.4) is 0 Å². The predicted molar refractivity (Wildman–Crippen MR) is 92.2 cm³/mol. The van der Waals surface area contributed by atoms with E-state index < -0.39 is 0 Å². The van der Waals surface area contributed by atoms with E-state index in [1.165, 1.54) is 0 Å². The highest BCUT2D eigenvalue weighted by atomic mass is 16.2. The van der Waals surface area contributed by atoms with Crippen molar-refractivity contribution in [1.29, 1.82) is 0 Å². The first-order chi connectivity index (χ1) is 11.2. The van der Waals surface area contributed by atoms with E-state index in [4.69, 9.17) is 0 Å². The van der Waals surface area contributed by atoms with Gasteiger partial charge in [0.15, 0.2) is 0 Å². The molecule has 0 aromatic heterocycles. The van der Waals surface area contributed by atoms with Crippen LogP contribution in [0.4, 0.5) is 5.69 Å². The second-order valence-corrected chi connectivity index (χ2v) is 5.40. The van der Waals surface area contributed by atoms with Crippen molar-refractivity contribution in [3.05, 3.63) is 65.7 Å². The fourth-order valence-corrected chi connectivity index (χ4v) is 2.18. The van der Waals surface area contributed by atoms with Gasteiger partial charge in [-0.05, 0) is 23.3 Å². The van der Waals surface area contributed by atoms with Crippen molar-refractivity contribution in [3.8, 4) is 0 Å². The highest BCUT2D eigenvalue weighted by Crippen LogP contribution is 2.10. The minimum atomic E-state index is -0.0849. The first kappa shape index (κ1) is 16.9. The van der Waals surface area contributed by atoms with Crippen LogP contribution < -0.4 is 10.6 Å². The molecule has 0 unspecified atom stereocenters. The summed E-state index contributed by atoms with van der Waals surface area (Å²) in [5, 5.41) is 5.95. The number of benzene rings is 2. The molecule has 23 heavy (non-hydrogen) atoms. The first-order valence-corrected chi connectivity index (χ1v) is 7.82. The molecule has 0 bridgehead atoms. The van der Waals surface area contributed by atoms with Crippen LogP contribution in [-0.4, -0.2) is 18.2 Å². The molecule has 4 nitrogen and oxygen atoms in total. The van der Waals surface area contributed by atoms with Gasteiger partial charge in [-0.2, -0.15) is 0 Å². The molecule has 0 saturated carbocycles. The fourth-order valence-electron chi connectivity index (χ4n) is 2.18. The summed E-state index contributed by atoms with van der Waals surface area (Å²) in [5.41, 5.74) is 2.85. The van der Waals surface area contributed by atoms with Gasteiger partial charge in [-0.3, -0.25) is 9.59 Å². The molecule has 1 amide bonds. The van der Waals surface area contributed by atoms with Crippen molar-refractivity contribution < 1.29 is 9.59 Å². The molecule has 120 valence electrons. The van der Waals surface area contributed by atoms with Crippen LogP contribution in [0, 0.1) is 0 Å². The maximum atomic E-state index is 11.9. The molecule has 2 aromatic rings. The average molecular weight is 310 g/mol. The molecule has 0 heterocycles. The number of anilines is 1. The topological polar surface area (TPSA) is 58.2 Å². The van der Waals surface area contributed by atoms with Crippen molar-refractivity contribution in [1.82, 2.24) is 5.32 Å². The summed E-state index contributed by atoms with van der Waals surface area (Å²) in [6, 6.07) is 17.3. The summed E-state index contributed by atoms with van der Waals surface area (Å²) in [4.78, 5) is 23.3. The molecular formula is C19H22N2O2. The van der Waals surface area contributed by atoms with Gasteiger partial charge in [0.25, 0.3) is 0 Å². The number of amides is 1. The van der Waals surface area contributed by atoms with Crippen molar-refractivity contribution >= 4 is 17.4 Å². The smallest absolute Gasteiger partial charge is 0.238 e. The molecule has 0 saturated heterocycles. The lowest BCUT2D eigenvalue weighted by molar-refractivity contribution is -0.118. The highest BCUT2D eigenvalue weighted by molar-refractivity contribution is 5.92. The van der Waals surface area contributed by atoms with Crippen molar-refractivity contribution in [2.75, 3.05) is 11.9 Å². The Labute approximate surface area is 136 Å². The van der Waals surface area contributed by atoms with Crippen molar-refractivity contribution in [2.24, 2.45) is 0 Å². The molecular weight excluding hydrogens is 288 g/mol. The number of rotatable bonds is 8. The van der Waals surface area contributed by atoms with Gasteiger partial charge in [0.1, 0.15) is 5.78 Å². The summed E-state index contributed by atoms with van der Waals surface area (Å²) in [6.07, 6.45) is 0.995. The van der Waals surface area contributed by atoms with Crippen LogP contribution in [-0.2, 0) is 22.6 Å². The molecule has 2 aromatic carbocycles. The Morgan fingerprint density at radius 2 is 1.61 bits per heavy atom. The van der Waals surface area contributed by atoms with Crippen LogP contribution in [0.1, 0.15) is 24.5 Å². The van der Waals surface area contributed by atoms with E-state index in [2.05, 4.69) is 10.6 Å². The summed E-state index contributed by atoms with van der Waals surface area (Å²) >= 11 is 0. The summed E-state index contributed by atoms with van der Waals surface area (Å²) < 4.78 is 0. The second kappa shape index (κ2) is 8.86. The quantitative estimate of drug-likeness (QED) is 0.788. The van der Waals surface area contributed by atoms with E-state index >= 15 is 0 Å². The van der Waals surface area contributed by atoms with Crippen LogP contribution in [0.15, 0.2) is 54.6 Å². The van der Waals surface area contributed by atoms with Gasteiger partial charge >= 0.3 is 0 Å². The van der Waals surface area contributed by atoms with Gasteiger partial charge < -0.3 is 10.6 Å². The zero-order chi connectivity index (χ0) is 16.5. The third-order valence-corrected chi connectivity index (χ3v) is 3.49. The Kier molecular flexibility index (Phi) is 6.51. The molecule has 0 aliphatic carbocycles. The molecule has 0 spiro atoms. The molecule has 0 radical (unpaired) electrons. The first-order valence-electron chi connectivity index (χ1n) is 7.82. The number of carbonyl (C=O) groups is 2. The molecule has 0 atom stereocenters. The third kappa shape index (κ3) is 6.04. The lowest BCUT2D eigenvalue weighted by Crippen LogP contribution is -2.27. The normalized spacial score (nSPS) is 10.3. The monoisotopic (exact) mass is 310 g/mol. The van der Waals surface area contributed by atoms with E-state index in [0.717, 1.165) is 16.8 Å². The van der Waals surface area contributed by atoms with Gasteiger partial charge in [-0.25, -0.2) is 0 Å². The zero-order valence-corrected chi connectivity index (χ0v) is 13.3. The van der Waals surface area contributed by atoms with E-state index in [0.29, 0.717) is 19.4 Å². The van der Waals surface area contributed by atoms with E-state index in [1.54, 1.807) is 0 Å². The molecule has 0 aliphatic rings. The van der Waals surface area contributed by atoms with Crippen LogP contribution in [0.5, 0.6) is 0 Å². The molecule has 2 N–H and O–H groups in total. The van der Waals surface area contributed by atoms with Crippen molar-refractivity contribution in [3.63, 3.8) is 0 Å². The Morgan fingerprint density at radius 3 is 2.26 bits per heavy atom. The van der Waals surface area contributed by atoms with E-state index in [-0.39, 0.29) is 18.2 Å². The highest BCUT2D eigenvalue weighted by Gasteiger charge is 2.04. The van der Waals surface area contributed by atoms with Crippen LogP contribution >= 0.6 is 0 Å². The van der Waals surface area contributed by atoms with Gasteiger partial charge in [0, 0.05) is 25.1 Å². The maximum Gasteiger partial charge on any atom is 0.238 e. The fraction of sp³-hybridized carbons (Fsp3) is 0.263. The molecule has 4 heteroatoms. The lowest BCUT2D eigenvalue weighted by atomic mass is 10.1. The van der Waals surface area contributed by atoms with Gasteiger partial charge in [-0.15, -0.1) is 0 Å². The van der Waals surface area contributed by atoms with E-state index in [9.17, 15) is 9.59 Å². The standard InChI is InChI=1S/C19H22N2O2/c1-2-18(22)12-15-8-10-17(11-9-15)21-19(23)14-20-13-16-6-4-3-5-7-16/h3-11,20H,2,12-14H2,1H3,(H,21,23). The average Bonchev–Trinajstić information content (AvgIpc) is 2.57. The Balaban J connectivity index is 1.75. The summed E-state index contributed by atoms with van der Waals surface area (Å²) in [6.45, 7) is 2.77. The number of ketones is 1. The van der Waals surface area contributed by atoms with Gasteiger partial charge in [-0.1, -0.05) is 49.4 Å². The van der Waals surface area contributed by atoms with Gasteiger partial charge in [0.05, 0.1) is 6.54 Å². The molecule has 0 aliphatic heterocycles. The second-order valence-electron chi connectivity index (χ2n) is 5.40. The van der Waals surface area contributed by atoms with Crippen molar-refractivity contribution in [2.45, 2.75) is 26.3 Å². The Bertz CT molecular complexity index is 636. The summed E-state index contributed by atoms with van der Waals surface area (Å²) in [7, 11) is 0. The Hall–Kier alpha value is -2.46. The minimum absolute atomic E-state index is 0.0849. The zero-order valence-electron chi connectivity index (χ0n) is 13.3. The lowest BCUT2D eigenvalue weighted by Gasteiger charge is -2.08. The van der Waals surface area contributed by atoms with E-state index in [1.807, 2.05) is 61.5 Å². The number of hydrogen-bond donors (Lipinski definition) is 2. The van der Waals surface area contributed by atoms with Crippen LogP contribution in [0.2, 0.25) is 0 Å². The largest absolute Gasteiger partial charge is 0.325 e. The Morgan fingerprint density at radius 1 is 0.913 bits per heavy atom. The number of Topliss-reactive ketones (excluding diaryl/α,β-unsaturated/α-hetero) is 1. The summed E-state index contributed by atoms with van der Waals surface area (Å²) in [5.74, 6) is 0.130. The minimum Gasteiger partial charge on any atom is -0.325 e.